The van der Waals surface area contributed by atoms with E-state index in [-0.39, 0.29) is 0 Å². The van der Waals surface area contributed by atoms with Crippen LogP contribution in [0.15, 0.2) is 17.1 Å². The van der Waals surface area contributed by atoms with Gasteiger partial charge in [-0.05, 0) is 30.9 Å². The summed E-state index contributed by atoms with van der Waals surface area (Å²) >= 11 is 0. The van der Waals surface area contributed by atoms with E-state index in [1.54, 1.807) is 20.3 Å². The molecule has 0 bridgehead atoms. The number of hydrogen-bond acceptors (Lipinski definition) is 4. The molecule has 0 saturated heterocycles. The van der Waals surface area contributed by atoms with Crippen molar-refractivity contribution in [2.45, 2.75) is 31.7 Å². The smallest absolute Gasteiger partial charge is 0.235 e. The van der Waals surface area contributed by atoms with E-state index in [2.05, 4.69) is 11.9 Å². The Labute approximate surface area is 107 Å². The second-order valence-electron chi connectivity index (χ2n) is 4.42. The van der Waals surface area contributed by atoms with Gasteiger partial charge in [0, 0.05) is 5.56 Å². The van der Waals surface area contributed by atoms with E-state index in [9.17, 15) is 4.79 Å². The predicted octanol–water partition coefficient (Wildman–Crippen LogP) is 2.59. The second-order valence-corrected chi connectivity index (χ2v) is 4.42. The highest BCUT2D eigenvalue weighted by Crippen LogP contribution is 2.55. The van der Waals surface area contributed by atoms with E-state index in [4.69, 9.17) is 9.47 Å². The molecule has 0 amide bonds. The average molecular weight is 247 g/mol. The number of aliphatic imine (C=N–C) groups is 1. The van der Waals surface area contributed by atoms with Crippen molar-refractivity contribution in [3.8, 4) is 11.5 Å². The maximum absolute atomic E-state index is 10.6. The summed E-state index contributed by atoms with van der Waals surface area (Å²) in [4.78, 5) is 14.6. The van der Waals surface area contributed by atoms with Gasteiger partial charge >= 0.3 is 0 Å². The Hall–Kier alpha value is -1.80. The van der Waals surface area contributed by atoms with E-state index >= 15 is 0 Å². The molecule has 0 aliphatic heterocycles. The number of benzene rings is 1. The first-order valence-electron chi connectivity index (χ1n) is 6.05. The molecule has 0 atom stereocenters. The summed E-state index contributed by atoms with van der Waals surface area (Å²) in [5.41, 5.74) is 1.69. The summed E-state index contributed by atoms with van der Waals surface area (Å²) in [7, 11) is 3.22. The first kappa shape index (κ1) is 12.7. The molecule has 18 heavy (non-hydrogen) atoms. The van der Waals surface area contributed by atoms with Crippen molar-refractivity contribution >= 4 is 6.08 Å². The van der Waals surface area contributed by atoms with Gasteiger partial charge in [0.1, 0.15) is 5.54 Å². The van der Waals surface area contributed by atoms with Crippen LogP contribution in [0.3, 0.4) is 0 Å². The molecule has 0 unspecified atom stereocenters. The number of hydrogen-bond donors (Lipinski definition) is 0. The van der Waals surface area contributed by atoms with E-state index in [1.165, 1.54) is 0 Å². The summed E-state index contributed by atoms with van der Waals surface area (Å²) in [6, 6.07) is 3.90. The zero-order valence-electron chi connectivity index (χ0n) is 10.9. The summed E-state index contributed by atoms with van der Waals surface area (Å²) in [6.07, 6.45) is 4.27. The molecule has 1 aromatic rings. The number of nitrogens with zero attached hydrogens (tertiary/aromatic N) is 1. The molecule has 1 aromatic carbocycles. The number of methoxy groups -OCH3 is 2. The van der Waals surface area contributed by atoms with Crippen LogP contribution < -0.4 is 9.47 Å². The highest BCUT2D eigenvalue weighted by molar-refractivity contribution is 5.57. The summed E-state index contributed by atoms with van der Waals surface area (Å²) in [5, 5.41) is 0. The maximum Gasteiger partial charge on any atom is 0.235 e. The molecule has 1 aliphatic rings. The van der Waals surface area contributed by atoms with E-state index in [0.717, 1.165) is 30.4 Å². The first-order valence-corrected chi connectivity index (χ1v) is 6.05. The number of aryl methyl sites for hydroxylation is 1. The third kappa shape index (κ3) is 1.89. The normalized spacial score (nSPS) is 15.7. The highest BCUT2D eigenvalue weighted by Gasteiger charge is 2.48. The van der Waals surface area contributed by atoms with Crippen molar-refractivity contribution in [1.29, 1.82) is 0 Å². The average Bonchev–Trinajstić information content (AvgIpc) is 3.17. The van der Waals surface area contributed by atoms with Gasteiger partial charge in [-0.2, -0.15) is 4.99 Å². The lowest BCUT2D eigenvalue weighted by molar-refractivity contribution is 0.348. The molecule has 2 rings (SSSR count). The molecule has 4 nitrogen and oxygen atoms in total. The van der Waals surface area contributed by atoms with Gasteiger partial charge in [-0.25, -0.2) is 4.79 Å². The van der Waals surface area contributed by atoms with Crippen molar-refractivity contribution in [3.05, 3.63) is 23.3 Å². The van der Waals surface area contributed by atoms with Gasteiger partial charge in [0.25, 0.3) is 0 Å². The third-order valence-corrected chi connectivity index (χ3v) is 3.46. The number of carbonyl (C=O) groups excluding carboxylic acids is 1. The van der Waals surface area contributed by atoms with Crippen LogP contribution in [0.1, 0.15) is 30.9 Å². The lowest BCUT2D eigenvalue weighted by atomic mass is 9.95. The summed E-state index contributed by atoms with van der Waals surface area (Å²) in [5.74, 6) is 1.37. The van der Waals surface area contributed by atoms with Gasteiger partial charge in [-0.1, -0.05) is 13.0 Å². The van der Waals surface area contributed by atoms with Crippen LogP contribution >= 0.6 is 0 Å². The minimum absolute atomic E-state index is 0.438. The molecular formula is C14H17NO3. The van der Waals surface area contributed by atoms with Crippen LogP contribution in [0.5, 0.6) is 11.5 Å². The Morgan fingerprint density at radius 3 is 2.50 bits per heavy atom. The SMILES string of the molecule is CCc1ccc(OC)c(OC)c1C1(N=C=O)CC1. The van der Waals surface area contributed by atoms with E-state index < -0.39 is 5.54 Å². The molecule has 0 aromatic heterocycles. The Kier molecular flexibility index (Phi) is 3.39. The van der Waals surface area contributed by atoms with Crippen molar-refractivity contribution in [3.63, 3.8) is 0 Å². The Balaban J connectivity index is 2.65. The quantitative estimate of drug-likeness (QED) is 0.593. The number of ether oxygens (including phenoxy) is 2. The molecule has 96 valence electrons. The van der Waals surface area contributed by atoms with E-state index in [1.807, 2.05) is 12.1 Å². The van der Waals surface area contributed by atoms with Crippen LogP contribution in [0, 0.1) is 0 Å². The van der Waals surface area contributed by atoms with Crippen LogP contribution in [0.2, 0.25) is 0 Å². The molecule has 1 aliphatic carbocycles. The van der Waals surface area contributed by atoms with Gasteiger partial charge in [-0.15, -0.1) is 0 Å². The Bertz CT molecular complexity index is 500. The fourth-order valence-corrected chi connectivity index (χ4v) is 2.40. The van der Waals surface area contributed by atoms with Crippen LogP contribution in [-0.4, -0.2) is 20.3 Å². The predicted molar refractivity (Wildman–Crippen MR) is 68.0 cm³/mol. The fraction of sp³-hybridized carbons (Fsp3) is 0.500. The second kappa shape index (κ2) is 4.83. The fourth-order valence-electron chi connectivity index (χ4n) is 2.40. The lowest BCUT2D eigenvalue weighted by Gasteiger charge is -2.20. The monoisotopic (exact) mass is 247 g/mol. The van der Waals surface area contributed by atoms with Gasteiger partial charge in [0.2, 0.25) is 6.08 Å². The minimum atomic E-state index is -0.438. The lowest BCUT2D eigenvalue weighted by Crippen LogP contribution is -2.10. The molecule has 4 heteroatoms. The van der Waals surface area contributed by atoms with Crippen molar-refractivity contribution in [2.24, 2.45) is 4.99 Å². The number of rotatable bonds is 5. The first-order chi connectivity index (χ1) is 8.72. The zero-order chi connectivity index (χ0) is 13.2. The van der Waals surface area contributed by atoms with Crippen LogP contribution in [0.25, 0.3) is 0 Å². The molecular weight excluding hydrogens is 230 g/mol. The minimum Gasteiger partial charge on any atom is -0.493 e. The molecule has 0 heterocycles. The molecule has 1 saturated carbocycles. The van der Waals surface area contributed by atoms with Gasteiger partial charge in [0.15, 0.2) is 11.5 Å². The van der Waals surface area contributed by atoms with Gasteiger partial charge in [-0.3, -0.25) is 0 Å². The van der Waals surface area contributed by atoms with Gasteiger partial charge < -0.3 is 9.47 Å². The summed E-state index contributed by atoms with van der Waals surface area (Å²) < 4.78 is 10.8. The summed E-state index contributed by atoms with van der Waals surface area (Å²) in [6.45, 7) is 2.07. The Morgan fingerprint density at radius 1 is 1.33 bits per heavy atom. The van der Waals surface area contributed by atoms with Crippen molar-refractivity contribution in [2.75, 3.05) is 14.2 Å². The number of isocyanates is 1. The topological polar surface area (TPSA) is 47.9 Å². The zero-order valence-corrected chi connectivity index (χ0v) is 10.9. The molecule has 0 radical (unpaired) electrons. The Morgan fingerprint density at radius 2 is 2.06 bits per heavy atom. The van der Waals surface area contributed by atoms with Gasteiger partial charge in [0.05, 0.1) is 14.2 Å². The van der Waals surface area contributed by atoms with E-state index in [0.29, 0.717) is 11.5 Å². The van der Waals surface area contributed by atoms with Crippen LogP contribution in [0.4, 0.5) is 0 Å². The molecule has 1 fully saturated rings. The molecule has 0 spiro atoms. The van der Waals surface area contributed by atoms with Crippen molar-refractivity contribution < 1.29 is 14.3 Å². The third-order valence-electron chi connectivity index (χ3n) is 3.46. The molecule has 0 N–H and O–H groups in total. The standard InChI is InChI=1S/C14H17NO3/c1-4-10-5-6-11(17-2)13(18-3)12(10)14(7-8-14)15-9-16/h5-6H,4,7-8H2,1-3H3. The van der Waals surface area contributed by atoms with Crippen LogP contribution in [-0.2, 0) is 16.8 Å². The maximum atomic E-state index is 10.6. The van der Waals surface area contributed by atoms with Crippen molar-refractivity contribution in [1.82, 2.24) is 0 Å². The highest BCUT2D eigenvalue weighted by atomic mass is 16.5. The largest absolute Gasteiger partial charge is 0.493 e.